The zero-order chi connectivity index (χ0) is 13.2. The molecule has 1 unspecified atom stereocenters. The maximum atomic E-state index is 11.8. The molecule has 2 N–H and O–H groups in total. The van der Waals surface area contributed by atoms with Gasteiger partial charge < -0.3 is 9.67 Å². The first-order valence-electron chi connectivity index (χ1n) is 4.97. The maximum absolute atomic E-state index is 11.8. The number of carboxylic acids is 1. The fourth-order valence-electron chi connectivity index (χ4n) is 1.23. The molecule has 1 rings (SSSR count). The Labute approximate surface area is 99.5 Å². The molecule has 7 nitrogen and oxygen atoms in total. The van der Waals surface area contributed by atoms with Crippen molar-refractivity contribution >= 4 is 16.0 Å². The molecule has 0 saturated heterocycles. The van der Waals surface area contributed by atoms with Gasteiger partial charge in [-0.1, -0.05) is 13.8 Å². The fraction of sp³-hybridized carbons (Fsp3) is 0.556. The molecule has 0 spiro atoms. The summed E-state index contributed by atoms with van der Waals surface area (Å²) < 4.78 is 27.2. The Morgan fingerprint density at radius 2 is 2.12 bits per heavy atom. The number of aliphatic carboxylic acids is 1. The van der Waals surface area contributed by atoms with Gasteiger partial charge in [0.25, 0.3) is 10.0 Å². The second-order valence-electron chi connectivity index (χ2n) is 4.06. The second-order valence-corrected chi connectivity index (χ2v) is 5.72. The van der Waals surface area contributed by atoms with Gasteiger partial charge in [0.1, 0.15) is 6.04 Å². The Morgan fingerprint density at radius 3 is 2.47 bits per heavy atom. The summed E-state index contributed by atoms with van der Waals surface area (Å²) in [4.78, 5) is 14.6. The summed E-state index contributed by atoms with van der Waals surface area (Å²) in [5, 5.41) is 8.72. The summed E-state index contributed by atoms with van der Waals surface area (Å²) in [6.45, 7) is 3.25. The van der Waals surface area contributed by atoms with Gasteiger partial charge in [0, 0.05) is 13.2 Å². The van der Waals surface area contributed by atoms with Crippen molar-refractivity contribution in [3.8, 4) is 0 Å². The number of carbonyl (C=O) groups is 1. The molecular formula is C9H15N3O4S. The first-order valence-corrected chi connectivity index (χ1v) is 6.45. The lowest BCUT2D eigenvalue weighted by Gasteiger charge is -2.16. The Hall–Kier alpha value is -1.41. The Kier molecular flexibility index (Phi) is 3.89. The van der Waals surface area contributed by atoms with E-state index in [0.29, 0.717) is 0 Å². The zero-order valence-electron chi connectivity index (χ0n) is 9.78. The lowest BCUT2D eigenvalue weighted by molar-refractivity contribution is -0.140. The average molecular weight is 261 g/mol. The first-order chi connectivity index (χ1) is 7.74. The minimum atomic E-state index is -3.89. The van der Waals surface area contributed by atoms with Crippen molar-refractivity contribution in [1.82, 2.24) is 14.3 Å². The summed E-state index contributed by atoms with van der Waals surface area (Å²) >= 11 is 0. The van der Waals surface area contributed by atoms with Crippen molar-refractivity contribution in [3.63, 3.8) is 0 Å². The third kappa shape index (κ3) is 3.27. The highest BCUT2D eigenvalue weighted by atomic mass is 32.2. The van der Waals surface area contributed by atoms with E-state index in [9.17, 15) is 13.2 Å². The molecule has 1 aromatic heterocycles. The number of aromatic nitrogens is 2. The van der Waals surface area contributed by atoms with E-state index < -0.39 is 22.0 Å². The summed E-state index contributed by atoms with van der Waals surface area (Å²) in [5.41, 5.74) is 0. The van der Waals surface area contributed by atoms with Crippen LogP contribution < -0.4 is 4.72 Å². The number of carboxylic acid groups (broad SMARTS) is 1. The highest BCUT2D eigenvalue weighted by Gasteiger charge is 2.29. The molecule has 0 aliphatic carbocycles. The summed E-state index contributed by atoms with van der Waals surface area (Å²) in [6, 6.07) is -1.16. The number of nitrogens with one attached hydrogen (secondary N) is 1. The maximum Gasteiger partial charge on any atom is 0.322 e. The van der Waals surface area contributed by atoms with Crippen molar-refractivity contribution < 1.29 is 18.3 Å². The molecule has 0 aliphatic rings. The monoisotopic (exact) mass is 261 g/mol. The molecule has 1 atom stereocenters. The molecule has 0 radical (unpaired) electrons. The van der Waals surface area contributed by atoms with E-state index in [-0.39, 0.29) is 10.9 Å². The van der Waals surface area contributed by atoms with Crippen LogP contribution in [0.4, 0.5) is 0 Å². The van der Waals surface area contributed by atoms with E-state index in [2.05, 4.69) is 9.71 Å². The number of hydrogen-bond acceptors (Lipinski definition) is 4. The van der Waals surface area contributed by atoms with Gasteiger partial charge in [-0.15, -0.1) is 0 Å². The molecule has 17 heavy (non-hydrogen) atoms. The number of sulfonamides is 1. The van der Waals surface area contributed by atoms with Crippen LogP contribution in [0.25, 0.3) is 0 Å². The van der Waals surface area contributed by atoms with Crippen LogP contribution in [0.1, 0.15) is 13.8 Å². The lowest BCUT2D eigenvalue weighted by atomic mass is 10.1. The van der Waals surface area contributed by atoms with Crippen LogP contribution in [-0.4, -0.2) is 35.1 Å². The van der Waals surface area contributed by atoms with E-state index in [1.165, 1.54) is 17.1 Å². The van der Waals surface area contributed by atoms with Gasteiger partial charge in [-0.05, 0) is 5.92 Å². The molecule has 8 heteroatoms. The Morgan fingerprint density at radius 1 is 1.53 bits per heavy atom. The van der Waals surface area contributed by atoms with Crippen LogP contribution >= 0.6 is 0 Å². The number of imidazole rings is 1. The third-order valence-corrected chi connectivity index (χ3v) is 3.50. The Bertz CT molecular complexity index is 506. The minimum Gasteiger partial charge on any atom is -0.480 e. The summed E-state index contributed by atoms with van der Waals surface area (Å²) in [6.07, 6.45) is 2.64. The molecule has 0 aromatic carbocycles. The van der Waals surface area contributed by atoms with Gasteiger partial charge in [0.05, 0.1) is 6.33 Å². The largest absolute Gasteiger partial charge is 0.480 e. The van der Waals surface area contributed by atoms with Gasteiger partial charge >= 0.3 is 5.97 Å². The number of hydrogen-bond donors (Lipinski definition) is 2. The third-order valence-electron chi connectivity index (χ3n) is 2.17. The molecule has 0 amide bonds. The van der Waals surface area contributed by atoms with E-state index in [1.807, 2.05) is 0 Å². The van der Waals surface area contributed by atoms with E-state index in [4.69, 9.17) is 5.11 Å². The van der Waals surface area contributed by atoms with Crippen molar-refractivity contribution in [1.29, 1.82) is 0 Å². The first kappa shape index (κ1) is 13.7. The normalized spacial score (nSPS) is 13.9. The molecule has 0 bridgehead atoms. The van der Waals surface area contributed by atoms with Crippen LogP contribution in [0.5, 0.6) is 0 Å². The predicted molar refractivity (Wildman–Crippen MR) is 59.8 cm³/mol. The summed E-state index contributed by atoms with van der Waals surface area (Å²) in [5.74, 6) is -1.56. The van der Waals surface area contributed by atoms with E-state index in [0.717, 1.165) is 0 Å². The smallest absolute Gasteiger partial charge is 0.322 e. The van der Waals surface area contributed by atoms with Crippen molar-refractivity contribution in [2.45, 2.75) is 24.9 Å². The fourth-order valence-corrected chi connectivity index (χ4v) is 2.55. The van der Waals surface area contributed by atoms with Crippen LogP contribution in [0.3, 0.4) is 0 Å². The van der Waals surface area contributed by atoms with Gasteiger partial charge in [0.2, 0.25) is 0 Å². The zero-order valence-corrected chi connectivity index (χ0v) is 10.6. The van der Waals surface area contributed by atoms with Gasteiger partial charge in [-0.25, -0.2) is 13.4 Å². The minimum absolute atomic E-state index is 0.188. The van der Waals surface area contributed by atoms with Crippen LogP contribution in [-0.2, 0) is 21.9 Å². The Balaban J connectivity index is 2.97. The highest BCUT2D eigenvalue weighted by Crippen LogP contribution is 2.09. The van der Waals surface area contributed by atoms with Crippen molar-refractivity contribution in [2.24, 2.45) is 13.0 Å². The van der Waals surface area contributed by atoms with Gasteiger partial charge in [-0.3, -0.25) is 4.79 Å². The molecule has 96 valence electrons. The van der Waals surface area contributed by atoms with E-state index >= 15 is 0 Å². The van der Waals surface area contributed by atoms with Crippen LogP contribution in [0, 0.1) is 5.92 Å². The van der Waals surface area contributed by atoms with E-state index in [1.54, 1.807) is 20.9 Å². The molecular weight excluding hydrogens is 246 g/mol. The SMILES string of the molecule is CC(C)C(NS(=O)(=O)c1cn(C)cn1)C(=O)O. The number of rotatable bonds is 5. The average Bonchev–Trinajstić information content (AvgIpc) is 2.61. The van der Waals surface area contributed by atoms with Crippen LogP contribution in [0.15, 0.2) is 17.6 Å². The van der Waals surface area contributed by atoms with Gasteiger partial charge in [-0.2, -0.15) is 4.72 Å². The number of nitrogens with zero attached hydrogens (tertiary/aromatic N) is 2. The molecule has 1 heterocycles. The molecule has 0 fully saturated rings. The van der Waals surface area contributed by atoms with Crippen molar-refractivity contribution in [3.05, 3.63) is 12.5 Å². The molecule has 1 aromatic rings. The van der Waals surface area contributed by atoms with Crippen molar-refractivity contribution in [2.75, 3.05) is 0 Å². The second kappa shape index (κ2) is 4.84. The lowest BCUT2D eigenvalue weighted by Crippen LogP contribution is -2.44. The molecule has 0 aliphatic heterocycles. The highest BCUT2D eigenvalue weighted by molar-refractivity contribution is 7.89. The quantitative estimate of drug-likeness (QED) is 0.764. The topological polar surface area (TPSA) is 101 Å². The van der Waals surface area contributed by atoms with Crippen LogP contribution in [0.2, 0.25) is 0 Å². The summed E-state index contributed by atoms with van der Waals surface area (Å²) in [7, 11) is -2.26. The van der Waals surface area contributed by atoms with Gasteiger partial charge in [0.15, 0.2) is 5.03 Å². The number of aryl methyl sites for hydroxylation is 1. The predicted octanol–water partition coefficient (Wildman–Crippen LogP) is -0.192. The molecule has 0 saturated carbocycles. The standard InChI is InChI=1S/C9H15N3O4S/c1-6(2)8(9(13)14)11-17(15,16)7-4-12(3)5-10-7/h4-6,8,11H,1-3H3,(H,13,14).